The monoisotopic (exact) mass is 239 g/mol. The molecule has 0 saturated carbocycles. The van der Waals surface area contributed by atoms with Gasteiger partial charge in [0.05, 0.1) is 12.1 Å². The van der Waals surface area contributed by atoms with Gasteiger partial charge in [-0.25, -0.2) is 4.79 Å². The zero-order valence-electron chi connectivity index (χ0n) is 9.83. The molecule has 0 radical (unpaired) electrons. The van der Waals surface area contributed by atoms with E-state index in [1.54, 1.807) is 6.08 Å². The molecule has 1 fully saturated rings. The highest BCUT2D eigenvalue weighted by molar-refractivity contribution is 5.91. The third kappa shape index (κ3) is 2.55. The van der Waals surface area contributed by atoms with Crippen LogP contribution in [0.15, 0.2) is 25.3 Å². The van der Waals surface area contributed by atoms with Crippen molar-refractivity contribution in [2.45, 2.75) is 31.0 Å². The van der Waals surface area contributed by atoms with Crippen LogP contribution in [0, 0.1) is 0 Å². The number of aliphatic carboxylic acids is 1. The Morgan fingerprint density at radius 1 is 1.53 bits per heavy atom. The molecule has 17 heavy (non-hydrogen) atoms. The van der Waals surface area contributed by atoms with E-state index in [9.17, 15) is 9.59 Å². The Bertz CT molecular complexity index is 339. The summed E-state index contributed by atoms with van der Waals surface area (Å²) in [5.41, 5.74) is 0. The summed E-state index contributed by atoms with van der Waals surface area (Å²) in [6, 6.07) is -1.14. The van der Waals surface area contributed by atoms with Crippen molar-refractivity contribution in [2.24, 2.45) is 0 Å². The average Bonchev–Trinajstić information content (AvgIpc) is 2.67. The number of carbonyl (C=O) groups is 2. The number of carbonyl (C=O) groups excluding carboxylic acids is 1. The second kappa shape index (κ2) is 5.63. The molecule has 0 aromatic heterocycles. The summed E-state index contributed by atoms with van der Waals surface area (Å²) in [6.07, 6.45) is 3.30. The number of amides is 1. The van der Waals surface area contributed by atoms with Crippen LogP contribution < -0.4 is 0 Å². The first-order valence-corrected chi connectivity index (χ1v) is 5.38. The maximum atomic E-state index is 11.7. The Hall–Kier alpha value is -1.62. The first kappa shape index (κ1) is 13.4. The number of nitrogens with zero attached hydrogens (tertiary/aromatic N) is 1. The molecular weight excluding hydrogens is 222 g/mol. The third-order valence-corrected chi connectivity index (χ3v) is 3.00. The summed E-state index contributed by atoms with van der Waals surface area (Å²) in [7, 11) is 1.52. The summed E-state index contributed by atoms with van der Waals surface area (Å²) < 4.78 is 5.24. The molecule has 94 valence electrons. The smallest absolute Gasteiger partial charge is 0.326 e. The highest BCUT2D eigenvalue weighted by Crippen LogP contribution is 2.29. The minimum Gasteiger partial charge on any atom is -0.480 e. The topological polar surface area (TPSA) is 66.8 Å². The Labute approximate surface area is 100 Å². The van der Waals surface area contributed by atoms with Gasteiger partial charge in [-0.3, -0.25) is 4.79 Å². The van der Waals surface area contributed by atoms with Crippen molar-refractivity contribution < 1.29 is 19.4 Å². The Balaban J connectivity index is 3.03. The molecule has 0 bridgehead atoms. The summed E-state index contributed by atoms with van der Waals surface area (Å²) in [6.45, 7) is 7.01. The SMILES string of the molecule is C=CCC1C(OC)CC(C(=O)O)N1C(=O)C=C. The van der Waals surface area contributed by atoms with Gasteiger partial charge in [0, 0.05) is 13.5 Å². The standard InChI is InChI=1S/C12H17NO4/c1-4-6-8-10(17-3)7-9(12(15)16)13(8)11(14)5-2/h4-5,8-10H,1-2,6-7H2,3H3,(H,15,16). The number of hydrogen-bond donors (Lipinski definition) is 1. The van der Waals surface area contributed by atoms with Crippen LogP contribution in [0.1, 0.15) is 12.8 Å². The molecular formula is C12H17NO4. The maximum absolute atomic E-state index is 11.7. The van der Waals surface area contributed by atoms with Crippen LogP contribution in [0.5, 0.6) is 0 Å². The van der Waals surface area contributed by atoms with Gasteiger partial charge in [-0.1, -0.05) is 12.7 Å². The fourth-order valence-corrected chi connectivity index (χ4v) is 2.23. The predicted molar refractivity (Wildman–Crippen MR) is 62.5 cm³/mol. The predicted octanol–water partition coefficient (Wildman–Crippen LogP) is 0.818. The Kier molecular flexibility index (Phi) is 4.45. The van der Waals surface area contributed by atoms with Gasteiger partial charge in [0.2, 0.25) is 5.91 Å². The van der Waals surface area contributed by atoms with Gasteiger partial charge < -0.3 is 14.7 Å². The van der Waals surface area contributed by atoms with E-state index < -0.39 is 12.0 Å². The van der Waals surface area contributed by atoms with Gasteiger partial charge in [-0.05, 0) is 12.5 Å². The number of rotatable bonds is 5. The number of likely N-dealkylation sites (tertiary alicyclic amines) is 1. The molecule has 1 aliphatic heterocycles. The molecule has 3 unspecified atom stereocenters. The van der Waals surface area contributed by atoms with Crippen LogP contribution >= 0.6 is 0 Å². The molecule has 5 nitrogen and oxygen atoms in total. The molecule has 5 heteroatoms. The molecule has 0 aromatic rings. The average molecular weight is 239 g/mol. The fraction of sp³-hybridized carbons (Fsp3) is 0.500. The van der Waals surface area contributed by atoms with Gasteiger partial charge in [0.15, 0.2) is 0 Å². The van der Waals surface area contributed by atoms with Crippen molar-refractivity contribution in [3.05, 3.63) is 25.3 Å². The molecule has 1 saturated heterocycles. The lowest BCUT2D eigenvalue weighted by atomic mass is 10.1. The molecule has 0 aliphatic carbocycles. The van der Waals surface area contributed by atoms with E-state index in [4.69, 9.17) is 9.84 Å². The van der Waals surface area contributed by atoms with Gasteiger partial charge in [0.25, 0.3) is 0 Å². The van der Waals surface area contributed by atoms with Gasteiger partial charge >= 0.3 is 5.97 Å². The van der Waals surface area contributed by atoms with Crippen molar-refractivity contribution in [2.75, 3.05) is 7.11 Å². The van der Waals surface area contributed by atoms with Crippen LogP contribution in [0.3, 0.4) is 0 Å². The maximum Gasteiger partial charge on any atom is 0.326 e. The van der Waals surface area contributed by atoms with Crippen molar-refractivity contribution in [3.63, 3.8) is 0 Å². The lowest BCUT2D eigenvalue weighted by Crippen LogP contribution is -2.45. The minimum atomic E-state index is -1.02. The molecule has 1 rings (SSSR count). The number of hydrogen-bond acceptors (Lipinski definition) is 3. The number of ether oxygens (including phenoxy) is 1. The summed E-state index contributed by atoms with van der Waals surface area (Å²) in [5.74, 6) is -1.40. The van der Waals surface area contributed by atoms with Gasteiger partial charge in [-0.15, -0.1) is 6.58 Å². The van der Waals surface area contributed by atoms with E-state index >= 15 is 0 Å². The van der Waals surface area contributed by atoms with Crippen molar-refractivity contribution >= 4 is 11.9 Å². The van der Waals surface area contributed by atoms with E-state index in [0.29, 0.717) is 12.8 Å². The quantitative estimate of drug-likeness (QED) is 0.569. The number of methoxy groups -OCH3 is 1. The first-order valence-electron chi connectivity index (χ1n) is 5.38. The van der Waals surface area contributed by atoms with Gasteiger partial charge in [0.1, 0.15) is 6.04 Å². The molecule has 1 aliphatic rings. The number of carboxylic acids is 1. The van der Waals surface area contributed by atoms with Crippen LogP contribution in [-0.2, 0) is 14.3 Å². The van der Waals surface area contributed by atoms with Gasteiger partial charge in [-0.2, -0.15) is 0 Å². The highest BCUT2D eigenvalue weighted by atomic mass is 16.5. The highest BCUT2D eigenvalue weighted by Gasteiger charge is 2.45. The first-order chi connectivity index (χ1) is 8.06. The summed E-state index contributed by atoms with van der Waals surface area (Å²) >= 11 is 0. The second-order valence-electron chi connectivity index (χ2n) is 3.91. The molecule has 0 spiro atoms. The van der Waals surface area contributed by atoms with Crippen LogP contribution in [0.4, 0.5) is 0 Å². The van der Waals surface area contributed by atoms with E-state index in [-0.39, 0.29) is 18.1 Å². The van der Waals surface area contributed by atoms with Crippen molar-refractivity contribution in [1.29, 1.82) is 0 Å². The fourth-order valence-electron chi connectivity index (χ4n) is 2.23. The van der Waals surface area contributed by atoms with Crippen LogP contribution in [-0.4, -0.2) is 47.2 Å². The summed E-state index contributed by atoms with van der Waals surface area (Å²) in [4.78, 5) is 24.2. The zero-order valence-corrected chi connectivity index (χ0v) is 9.83. The largest absolute Gasteiger partial charge is 0.480 e. The van der Waals surface area contributed by atoms with Crippen molar-refractivity contribution in [3.8, 4) is 0 Å². The molecule has 1 amide bonds. The molecule has 1 heterocycles. The Morgan fingerprint density at radius 2 is 2.18 bits per heavy atom. The Morgan fingerprint density at radius 3 is 2.59 bits per heavy atom. The minimum absolute atomic E-state index is 0.280. The van der Waals surface area contributed by atoms with Crippen molar-refractivity contribution in [1.82, 2.24) is 4.90 Å². The lowest BCUT2D eigenvalue weighted by Gasteiger charge is -2.27. The van der Waals surface area contributed by atoms with Crippen LogP contribution in [0.25, 0.3) is 0 Å². The van der Waals surface area contributed by atoms with E-state index in [2.05, 4.69) is 13.2 Å². The molecule has 0 aromatic carbocycles. The van der Waals surface area contributed by atoms with Crippen LogP contribution in [0.2, 0.25) is 0 Å². The second-order valence-corrected chi connectivity index (χ2v) is 3.91. The normalized spacial score (nSPS) is 27.8. The lowest BCUT2D eigenvalue weighted by molar-refractivity contribution is -0.147. The zero-order chi connectivity index (χ0) is 13.0. The third-order valence-electron chi connectivity index (χ3n) is 3.00. The van der Waals surface area contributed by atoms with E-state index in [1.165, 1.54) is 12.0 Å². The number of carboxylic acid groups (broad SMARTS) is 1. The molecule has 3 atom stereocenters. The van der Waals surface area contributed by atoms with E-state index in [0.717, 1.165) is 6.08 Å². The summed E-state index contributed by atoms with van der Waals surface area (Å²) in [5, 5.41) is 9.12. The molecule has 1 N–H and O–H groups in total. The van der Waals surface area contributed by atoms with E-state index in [1.807, 2.05) is 0 Å².